The topological polar surface area (TPSA) is 90.9 Å². The highest BCUT2D eigenvalue weighted by Gasteiger charge is 2.48. The van der Waals surface area contributed by atoms with E-state index >= 15 is 4.39 Å². The van der Waals surface area contributed by atoms with E-state index in [2.05, 4.69) is 11.4 Å². The van der Waals surface area contributed by atoms with Crippen LogP contribution in [0.2, 0.25) is 5.02 Å². The van der Waals surface area contributed by atoms with Gasteiger partial charge in [-0.3, -0.25) is 10.2 Å². The number of amides is 1. The van der Waals surface area contributed by atoms with Crippen molar-refractivity contribution in [2.24, 2.45) is 11.8 Å². The molecule has 4 atom stereocenters. The highest BCUT2D eigenvalue weighted by Crippen LogP contribution is 2.47. The van der Waals surface area contributed by atoms with Crippen LogP contribution in [0.25, 0.3) is 0 Å². The molecule has 0 aromatic heterocycles. The van der Waals surface area contributed by atoms with Crippen LogP contribution < -0.4 is 16.6 Å². The molecule has 0 saturated carbocycles. The molecule has 8 heteroatoms. The summed E-state index contributed by atoms with van der Waals surface area (Å²) in [6.07, 6.45) is 0. The van der Waals surface area contributed by atoms with Gasteiger partial charge in [0.05, 0.1) is 11.6 Å². The molecule has 186 valence electrons. The number of benzene rings is 3. The number of nitrogens with two attached hydrogens (primary N) is 1. The number of nitriles is 1. The molecular weight excluding hydrogens is 482 g/mol. The molecule has 0 radical (unpaired) electrons. The molecule has 3 aromatic carbocycles. The predicted octanol–water partition coefficient (Wildman–Crippen LogP) is 5.21. The lowest BCUT2D eigenvalue weighted by Gasteiger charge is -2.50. The highest BCUT2D eigenvalue weighted by molar-refractivity contribution is 6.30. The van der Waals surface area contributed by atoms with Crippen LogP contribution in [0.5, 0.6) is 0 Å². The average molecular weight is 509 g/mol. The first-order valence-electron chi connectivity index (χ1n) is 11.6. The van der Waals surface area contributed by atoms with Crippen LogP contribution in [0.3, 0.4) is 0 Å². The molecule has 4 N–H and O–H groups in total. The van der Waals surface area contributed by atoms with Gasteiger partial charge in [-0.25, -0.2) is 14.6 Å². The zero-order chi connectivity index (χ0) is 26.0. The monoisotopic (exact) mass is 508 g/mol. The first-order valence-corrected chi connectivity index (χ1v) is 12.0. The number of hydrogen-bond acceptors (Lipinski definition) is 4. The van der Waals surface area contributed by atoms with Gasteiger partial charge in [-0.1, -0.05) is 35.9 Å². The number of carbonyl (C=O) groups excluding carboxylic acids is 1. The number of nitrogen functional groups attached to an aromatic ring is 1. The number of carbonyl (C=O) groups is 1. The lowest BCUT2D eigenvalue weighted by molar-refractivity contribution is 0.0691. The Bertz CT molecular complexity index is 1300. The van der Waals surface area contributed by atoms with Gasteiger partial charge in [0, 0.05) is 35.0 Å². The number of nitrogens with zero attached hydrogens (tertiary/aromatic N) is 1. The molecule has 1 fully saturated rings. The molecule has 5 nitrogen and oxygen atoms in total. The maximum atomic E-state index is 15.8. The molecule has 0 bridgehead atoms. The zero-order valence-electron chi connectivity index (χ0n) is 19.9. The van der Waals surface area contributed by atoms with Crippen LogP contribution in [0.15, 0.2) is 66.7 Å². The van der Waals surface area contributed by atoms with Gasteiger partial charge in [-0.2, -0.15) is 5.26 Å². The quantitative estimate of drug-likeness (QED) is 0.232. The molecule has 3 aromatic rings. The third kappa shape index (κ3) is 5.26. The predicted molar refractivity (Wildman–Crippen MR) is 136 cm³/mol. The molecule has 1 heterocycles. The van der Waals surface area contributed by atoms with Crippen LogP contribution in [0.1, 0.15) is 58.3 Å². The van der Waals surface area contributed by atoms with Crippen molar-refractivity contribution in [2.45, 2.75) is 37.4 Å². The standard InChI is InChI=1S/C28H27ClF2N4O/c1-28(2,31)25(19-11-20(27(36)35-33)13-22(30)12-19)23-15-34-26(23)24(17-6-8-21(29)9-7-17)18-5-3-4-16(10-18)14-32/h3-13,23-26,34H,15,33H2,1-2H3,(H,35,36)/t23-,24+,25-,26-/m1/s1. The van der Waals surface area contributed by atoms with Crippen LogP contribution in [0.4, 0.5) is 8.78 Å². The first kappa shape index (κ1) is 25.8. The van der Waals surface area contributed by atoms with E-state index in [4.69, 9.17) is 17.4 Å². The lowest BCUT2D eigenvalue weighted by atomic mass is 9.64. The molecule has 0 aliphatic carbocycles. The fourth-order valence-electron chi connectivity index (χ4n) is 5.32. The summed E-state index contributed by atoms with van der Waals surface area (Å²) in [4.78, 5) is 12.1. The molecule has 36 heavy (non-hydrogen) atoms. The van der Waals surface area contributed by atoms with Gasteiger partial charge in [0.25, 0.3) is 5.91 Å². The Hall–Kier alpha value is -3.31. The first-order chi connectivity index (χ1) is 17.1. The number of rotatable bonds is 7. The van der Waals surface area contributed by atoms with Crippen LogP contribution in [-0.2, 0) is 0 Å². The molecule has 1 aliphatic heterocycles. The van der Waals surface area contributed by atoms with Gasteiger partial charge in [0.1, 0.15) is 11.5 Å². The SMILES string of the molecule is CC(C)(F)[C@H](c1cc(F)cc(C(=O)NN)c1)[C@H]1CN[C@H]1[C@@H](c1ccc(Cl)cc1)c1cccc(C#N)c1. The molecule has 4 rings (SSSR count). The summed E-state index contributed by atoms with van der Waals surface area (Å²) >= 11 is 6.14. The zero-order valence-corrected chi connectivity index (χ0v) is 20.7. The highest BCUT2D eigenvalue weighted by atomic mass is 35.5. The van der Waals surface area contributed by atoms with Crippen LogP contribution >= 0.6 is 11.6 Å². The van der Waals surface area contributed by atoms with Gasteiger partial charge < -0.3 is 5.32 Å². The minimum atomic E-state index is -1.73. The summed E-state index contributed by atoms with van der Waals surface area (Å²) in [6.45, 7) is 3.43. The largest absolute Gasteiger partial charge is 0.312 e. The van der Waals surface area contributed by atoms with Crippen LogP contribution in [-0.4, -0.2) is 24.2 Å². The second kappa shape index (κ2) is 10.4. The molecule has 1 amide bonds. The molecule has 0 spiro atoms. The normalized spacial score (nSPS) is 19.0. The van der Waals surface area contributed by atoms with Crippen molar-refractivity contribution in [1.82, 2.24) is 10.7 Å². The number of hydrazine groups is 1. The number of hydrogen-bond donors (Lipinski definition) is 3. The number of nitrogens with one attached hydrogen (secondary N) is 2. The molecular formula is C28H27ClF2N4O. The molecule has 0 unspecified atom stereocenters. The number of halogens is 3. The van der Waals surface area contributed by atoms with Crippen molar-refractivity contribution in [3.8, 4) is 6.07 Å². The van der Waals surface area contributed by atoms with E-state index in [0.29, 0.717) is 22.7 Å². The Morgan fingerprint density at radius 3 is 2.44 bits per heavy atom. The Kier molecular flexibility index (Phi) is 7.41. The van der Waals surface area contributed by atoms with Gasteiger partial charge in [0.15, 0.2) is 0 Å². The van der Waals surface area contributed by atoms with E-state index in [1.165, 1.54) is 26.0 Å². The summed E-state index contributed by atoms with van der Waals surface area (Å²) in [6, 6.07) is 20.6. The van der Waals surface area contributed by atoms with E-state index in [-0.39, 0.29) is 23.4 Å². The van der Waals surface area contributed by atoms with Crippen molar-refractivity contribution in [1.29, 1.82) is 5.26 Å². The Morgan fingerprint density at radius 1 is 1.14 bits per heavy atom. The third-order valence-corrected chi connectivity index (χ3v) is 7.11. The Morgan fingerprint density at radius 2 is 1.86 bits per heavy atom. The van der Waals surface area contributed by atoms with E-state index in [1.807, 2.05) is 35.8 Å². The van der Waals surface area contributed by atoms with Crippen molar-refractivity contribution in [2.75, 3.05) is 6.54 Å². The van der Waals surface area contributed by atoms with Gasteiger partial charge in [0.2, 0.25) is 0 Å². The van der Waals surface area contributed by atoms with Crippen LogP contribution in [0, 0.1) is 23.1 Å². The maximum absolute atomic E-state index is 15.8. The summed E-state index contributed by atoms with van der Waals surface area (Å²) in [7, 11) is 0. The summed E-state index contributed by atoms with van der Waals surface area (Å²) in [5.74, 6) is 2.77. The van der Waals surface area contributed by atoms with Crippen molar-refractivity contribution < 1.29 is 13.6 Å². The summed E-state index contributed by atoms with van der Waals surface area (Å²) in [5, 5.41) is 13.5. The Balaban J connectivity index is 1.81. The lowest BCUT2D eigenvalue weighted by Crippen LogP contribution is -2.60. The molecule has 1 aliphatic rings. The van der Waals surface area contributed by atoms with E-state index in [1.54, 1.807) is 18.2 Å². The fourth-order valence-corrected chi connectivity index (χ4v) is 5.44. The summed E-state index contributed by atoms with van der Waals surface area (Å²) in [5.41, 5.74) is 3.07. The van der Waals surface area contributed by atoms with E-state index in [0.717, 1.165) is 17.2 Å². The van der Waals surface area contributed by atoms with E-state index in [9.17, 15) is 14.4 Å². The van der Waals surface area contributed by atoms with E-state index < -0.39 is 23.3 Å². The average Bonchev–Trinajstić information content (AvgIpc) is 2.83. The minimum Gasteiger partial charge on any atom is -0.312 e. The van der Waals surface area contributed by atoms with Crippen molar-refractivity contribution in [3.05, 3.63) is 105 Å². The third-order valence-electron chi connectivity index (χ3n) is 6.85. The van der Waals surface area contributed by atoms with Gasteiger partial charge in [-0.15, -0.1) is 0 Å². The maximum Gasteiger partial charge on any atom is 0.265 e. The number of alkyl halides is 1. The van der Waals surface area contributed by atoms with Crippen molar-refractivity contribution >= 4 is 17.5 Å². The Labute approximate surface area is 214 Å². The fraction of sp³-hybridized carbons (Fsp3) is 0.286. The van der Waals surface area contributed by atoms with Gasteiger partial charge >= 0.3 is 0 Å². The second-order valence-electron chi connectivity index (χ2n) is 9.65. The van der Waals surface area contributed by atoms with Gasteiger partial charge in [-0.05, 0) is 78.9 Å². The van der Waals surface area contributed by atoms with Crippen molar-refractivity contribution in [3.63, 3.8) is 0 Å². The minimum absolute atomic E-state index is 0.0292. The summed E-state index contributed by atoms with van der Waals surface area (Å²) < 4.78 is 30.4. The second-order valence-corrected chi connectivity index (χ2v) is 10.1. The smallest absolute Gasteiger partial charge is 0.265 e. The molecule has 1 saturated heterocycles.